The van der Waals surface area contributed by atoms with Crippen LogP contribution in [0.1, 0.15) is 1.43 Å². The van der Waals surface area contributed by atoms with E-state index in [1.165, 1.54) is 0 Å². The smallest absolute Gasteiger partial charge is 1.00 e. The standard InChI is InChI=1S/Au.K.H2O3S2.H/c;;1-5(2,3)4;/h;;(H2,1,2,3,4);/q;+1;;-1. The summed E-state index contributed by atoms with van der Waals surface area (Å²) in [5.74, 6) is 0. The average Bonchev–Trinajstić information content (AvgIpc) is 0.722. The van der Waals surface area contributed by atoms with Gasteiger partial charge in [-0.3, -0.25) is 9.11 Å². The molecule has 0 spiro atoms. The van der Waals surface area contributed by atoms with Gasteiger partial charge in [0, 0.05) is 33.6 Å². The molecule has 0 atom stereocenters. The van der Waals surface area contributed by atoms with Gasteiger partial charge in [0.25, 0.3) is 9.05 Å². The zero-order valence-corrected chi connectivity index (χ0v) is 10.3. The minimum Gasteiger partial charge on any atom is -1.00 e. The molecule has 0 aliphatic carbocycles. The molecule has 0 aromatic heterocycles. The van der Waals surface area contributed by atoms with Gasteiger partial charge in [-0.25, -0.2) is 0 Å². The van der Waals surface area contributed by atoms with E-state index < -0.39 is 9.05 Å². The topological polar surface area (TPSA) is 57.5 Å². The van der Waals surface area contributed by atoms with Gasteiger partial charge >= 0.3 is 51.4 Å². The number of hydrogen-bond donors (Lipinski definition) is 2. The Hall–Kier alpha value is 2.67. The molecule has 0 aromatic carbocycles. The summed E-state index contributed by atoms with van der Waals surface area (Å²) in [5, 5.41) is 0. The summed E-state index contributed by atoms with van der Waals surface area (Å²) >= 11 is 3.47. The molecule has 0 saturated heterocycles. The molecule has 7 heteroatoms. The van der Waals surface area contributed by atoms with E-state index in [9.17, 15) is 0 Å². The second-order valence-corrected chi connectivity index (χ2v) is 2.65. The van der Waals surface area contributed by atoms with Crippen LogP contribution in [0.2, 0.25) is 0 Å². The van der Waals surface area contributed by atoms with Gasteiger partial charge in [0.2, 0.25) is 0 Å². The molecule has 3 nitrogen and oxygen atoms in total. The van der Waals surface area contributed by atoms with Gasteiger partial charge in [-0.2, -0.15) is 4.21 Å². The van der Waals surface area contributed by atoms with Crippen molar-refractivity contribution in [1.29, 1.82) is 0 Å². The Bertz CT molecular complexity index is 100. The Balaban J connectivity index is -0.0000000267. The van der Waals surface area contributed by atoms with Crippen molar-refractivity contribution >= 4 is 20.2 Å². The largest absolute Gasteiger partial charge is 1.00 e. The quantitative estimate of drug-likeness (QED) is 0.452. The maximum absolute atomic E-state index is 9.11. The van der Waals surface area contributed by atoms with E-state index in [0.717, 1.165) is 0 Å². The molecule has 0 bridgehead atoms. The van der Waals surface area contributed by atoms with Crippen LogP contribution in [0.25, 0.3) is 0 Å². The third-order valence-corrected chi connectivity index (χ3v) is 0. The number of rotatable bonds is 0. The van der Waals surface area contributed by atoms with Crippen molar-refractivity contribution in [2.24, 2.45) is 0 Å². The molecule has 0 heterocycles. The molecule has 0 fully saturated rings. The van der Waals surface area contributed by atoms with E-state index in [2.05, 4.69) is 11.2 Å². The Morgan fingerprint density at radius 1 is 1.57 bits per heavy atom. The number of hydrogen-bond acceptors (Lipinski definition) is 2. The van der Waals surface area contributed by atoms with Gasteiger partial charge in [0.05, 0.1) is 0 Å². The fourth-order valence-electron chi connectivity index (χ4n) is 0. The van der Waals surface area contributed by atoms with Gasteiger partial charge in [0.15, 0.2) is 0 Å². The molecule has 0 amide bonds. The normalized spacial score (nSPS) is 8.29. The average molecular weight is 351 g/mol. The summed E-state index contributed by atoms with van der Waals surface area (Å²) in [6.45, 7) is 0. The molecule has 0 saturated carbocycles. The van der Waals surface area contributed by atoms with E-state index in [-0.39, 0.29) is 75.2 Å². The SMILES string of the molecule is O=S(O)(O)=S.[Au].[H-].[K+]. The molecule has 1 radical (unpaired) electrons. The van der Waals surface area contributed by atoms with E-state index in [1.807, 2.05) is 0 Å². The molecule has 0 aliphatic rings. The van der Waals surface area contributed by atoms with Crippen molar-refractivity contribution in [2.45, 2.75) is 0 Å². The summed E-state index contributed by atoms with van der Waals surface area (Å²) < 4.78 is 24.0. The monoisotopic (exact) mass is 351 g/mol. The van der Waals surface area contributed by atoms with Crippen LogP contribution in [0.3, 0.4) is 0 Å². The van der Waals surface area contributed by atoms with E-state index in [4.69, 9.17) is 13.3 Å². The first kappa shape index (κ1) is 16.3. The van der Waals surface area contributed by atoms with Crippen molar-refractivity contribution in [3.05, 3.63) is 0 Å². The van der Waals surface area contributed by atoms with Crippen LogP contribution in [-0.2, 0) is 42.6 Å². The Morgan fingerprint density at radius 2 is 1.57 bits per heavy atom. The van der Waals surface area contributed by atoms with Crippen molar-refractivity contribution in [3.63, 3.8) is 0 Å². The van der Waals surface area contributed by atoms with Crippen LogP contribution in [0.5, 0.6) is 0 Å². The maximum Gasteiger partial charge on any atom is 1.00 e. The molecule has 0 aromatic rings. The Morgan fingerprint density at radius 3 is 1.57 bits per heavy atom. The molecular formula is H3AuKO3S2. The third kappa shape index (κ3) is 54.2. The van der Waals surface area contributed by atoms with Crippen LogP contribution in [-0.4, -0.2) is 13.3 Å². The Kier molecular flexibility index (Phi) is 15.8. The molecular weight excluding hydrogens is 348 g/mol. The van der Waals surface area contributed by atoms with Gasteiger partial charge in [0.1, 0.15) is 0 Å². The summed E-state index contributed by atoms with van der Waals surface area (Å²) in [6, 6.07) is 0. The minimum atomic E-state index is -3.83. The predicted octanol–water partition coefficient (Wildman–Crippen LogP) is -3.21. The van der Waals surface area contributed by atoms with Gasteiger partial charge < -0.3 is 1.43 Å². The first-order valence-corrected chi connectivity index (χ1v) is 3.10. The summed E-state index contributed by atoms with van der Waals surface area (Å²) in [7, 11) is -3.83. The first-order chi connectivity index (χ1) is 2.00. The Labute approximate surface area is 106 Å². The maximum atomic E-state index is 9.11. The molecule has 7 heavy (non-hydrogen) atoms. The molecule has 2 N–H and O–H groups in total. The molecule has 0 unspecified atom stereocenters. The van der Waals surface area contributed by atoms with Crippen molar-refractivity contribution in [1.82, 2.24) is 0 Å². The van der Waals surface area contributed by atoms with Gasteiger partial charge in [-0.15, -0.1) is 0 Å². The summed E-state index contributed by atoms with van der Waals surface area (Å²) in [6.07, 6.45) is 0. The molecule has 45 valence electrons. The zero-order chi connectivity index (χ0) is 4.50. The van der Waals surface area contributed by atoms with E-state index in [0.29, 0.717) is 0 Å². The van der Waals surface area contributed by atoms with Crippen LogP contribution >= 0.6 is 0 Å². The van der Waals surface area contributed by atoms with Gasteiger partial charge in [-0.1, -0.05) is 0 Å². The third-order valence-electron chi connectivity index (χ3n) is 0. The molecule has 0 aliphatic heterocycles. The van der Waals surface area contributed by atoms with Crippen molar-refractivity contribution in [3.8, 4) is 0 Å². The molecule has 0 rings (SSSR count). The van der Waals surface area contributed by atoms with Crippen molar-refractivity contribution in [2.75, 3.05) is 0 Å². The van der Waals surface area contributed by atoms with Crippen LogP contribution in [0, 0.1) is 0 Å². The second-order valence-electron chi connectivity index (χ2n) is 0.448. The van der Waals surface area contributed by atoms with Crippen molar-refractivity contribution < 1.29 is 88.5 Å². The fraction of sp³-hybridized carbons (Fsp3) is 0. The van der Waals surface area contributed by atoms with Crippen LogP contribution in [0.15, 0.2) is 0 Å². The summed E-state index contributed by atoms with van der Waals surface area (Å²) in [4.78, 5) is 0. The van der Waals surface area contributed by atoms with Crippen LogP contribution < -0.4 is 51.4 Å². The second kappa shape index (κ2) is 6.78. The summed E-state index contributed by atoms with van der Waals surface area (Å²) in [5.41, 5.74) is 0. The van der Waals surface area contributed by atoms with Gasteiger partial charge in [-0.05, 0) is 0 Å². The zero-order valence-electron chi connectivity index (χ0n) is 4.42. The first-order valence-electron chi connectivity index (χ1n) is 0.698. The van der Waals surface area contributed by atoms with E-state index in [1.54, 1.807) is 0 Å². The minimum absolute atomic E-state index is 0. The van der Waals surface area contributed by atoms with E-state index >= 15 is 0 Å². The van der Waals surface area contributed by atoms with Crippen LogP contribution in [0.4, 0.5) is 0 Å². The predicted molar refractivity (Wildman–Crippen MR) is 21.9 cm³/mol. The fourth-order valence-corrected chi connectivity index (χ4v) is 0.